The van der Waals surface area contributed by atoms with Crippen LogP contribution in [0.4, 0.5) is 4.79 Å². The number of imide groups is 1. The van der Waals surface area contributed by atoms with Gasteiger partial charge in [-0.05, 0) is 39.8 Å². The number of ether oxygens (including phenoxy) is 1. The number of rotatable bonds is 6. The minimum Gasteiger partial charge on any atom is -0.384 e. The molecule has 0 saturated carbocycles. The number of piperidine rings is 1. The average Bonchev–Trinajstić information content (AvgIpc) is 2.69. The Kier molecular flexibility index (Phi) is 7.00. The number of carbonyl (C=O) groups excluding carboxylic acids is 3. The molecule has 2 aliphatic heterocycles. The largest absolute Gasteiger partial charge is 0.384 e. The molecule has 2 rings (SSSR count). The molecule has 0 bridgehead atoms. The average molecular weight is 363 g/mol. The Morgan fingerprint density at radius 1 is 1.29 bits per heavy atom. The van der Waals surface area contributed by atoms with Crippen LogP contribution in [0.3, 0.4) is 0 Å². The van der Waals surface area contributed by atoms with Crippen LogP contribution in [0.1, 0.15) is 26.7 Å². The Bertz CT molecular complexity index is 486. The summed E-state index contributed by atoms with van der Waals surface area (Å²) in [5.41, 5.74) is -1.08. The number of halogens is 1. The third kappa shape index (κ3) is 4.37. The molecule has 2 fully saturated rings. The first-order valence-electron chi connectivity index (χ1n) is 7.90. The van der Waals surface area contributed by atoms with Crippen LogP contribution in [0.5, 0.6) is 0 Å². The monoisotopic (exact) mass is 362 g/mol. The maximum atomic E-state index is 12.2. The van der Waals surface area contributed by atoms with Gasteiger partial charge in [0, 0.05) is 19.1 Å². The van der Waals surface area contributed by atoms with Crippen molar-refractivity contribution in [3.63, 3.8) is 0 Å². The van der Waals surface area contributed by atoms with Crippen molar-refractivity contribution in [2.24, 2.45) is 5.41 Å². The fourth-order valence-electron chi connectivity index (χ4n) is 3.08. The molecule has 9 heteroatoms. The van der Waals surface area contributed by atoms with E-state index < -0.39 is 11.6 Å². The molecular formula is C15H27ClN4O4. The van der Waals surface area contributed by atoms with Crippen LogP contribution in [0.25, 0.3) is 0 Å². The van der Waals surface area contributed by atoms with Gasteiger partial charge in [-0.2, -0.15) is 0 Å². The number of nitrogens with zero attached hydrogens (tertiary/aromatic N) is 1. The quantitative estimate of drug-likeness (QED) is 0.572. The summed E-state index contributed by atoms with van der Waals surface area (Å²) >= 11 is 0. The van der Waals surface area contributed by atoms with Gasteiger partial charge in [0.2, 0.25) is 5.91 Å². The molecule has 0 aromatic heterocycles. The highest BCUT2D eigenvalue weighted by atomic mass is 35.5. The first kappa shape index (κ1) is 20.7. The predicted octanol–water partition coefficient (Wildman–Crippen LogP) is -0.129. The molecule has 0 atom stereocenters. The molecule has 0 aromatic carbocycles. The van der Waals surface area contributed by atoms with Crippen molar-refractivity contribution in [1.82, 2.24) is 20.9 Å². The molecule has 3 N–H and O–H groups in total. The van der Waals surface area contributed by atoms with E-state index in [0.29, 0.717) is 13.2 Å². The Balaban J connectivity index is 0.00000288. The molecule has 24 heavy (non-hydrogen) atoms. The SMILES string of the molecule is COCC1(CNC(=O)CN2C(=O)NC(=O)C2(C)C)CCNCC1.Cl. The van der Waals surface area contributed by atoms with Crippen LogP contribution >= 0.6 is 12.4 Å². The van der Waals surface area contributed by atoms with Crippen LogP contribution in [0.2, 0.25) is 0 Å². The lowest BCUT2D eigenvalue weighted by Crippen LogP contribution is -2.52. The Morgan fingerprint density at radius 2 is 1.92 bits per heavy atom. The molecule has 0 aromatic rings. The third-order valence-corrected chi connectivity index (χ3v) is 4.77. The summed E-state index contributed by atoms with van der Waals surface area (Å²) in [4.78, 5) is 37.0. The van der Waals surface area contributed by atoms with E-state index in [2.05, 4.69) is 16.0 Å². The lowest BCUT2D eigenvalue weighted by molar-refractivity contribution is -0.127. The van der Waals surface area contributed by atoms with Gasteiger partial charge in [-0.15, -0.1) is 12.4 Å². The normalized spacial score (nSPS) is 21.9. The second-order valence-electron chi connectivity index (χ2n) is 6.86. The van der Waals surface area contributed by atoms with Gasteiger partial charge in [-0.1, -0.05) is 0 Å². The molecule has 2 heterocycles. The number of methoxy groups -OCH3 is 1. The fraction of sp³-hybridized carbons (Fsp3) is 0.800. The van der Waals surface area contributed by atoms with E-state index in [4.69, 9.17) is 4.74 Å². The van der Waals surface area contributed by atoms with E-state index in [1.165, 1.54) is 4.90 Å². The molecule has 0 spiro atoms. The van der Waals surface area contributed by atoms with Crippen LogP contribution in [0, 0.1) is 5.41 Å². The lowest BCUT2D eigenvalue weighted by Gasteiger charge is -2.37. The van der Waals surface area contributed by atoms with Gasteiger partial charge in [0.25, 0.3) is 5.91 Å². The van der Waals surface area contributed by atoms with E-state index >= 15 is 0 Å². The van der Waals surface area contributed by atoms with Gasteiger partial charge >= 0.3 is 6.03 Å². The molecule has 8 nitrogen and oxygen atoms in total. The van der Waals surface area contributed by atoms with Crippen molar-refractivity contribution in [3.8, 4) is 0 Å². The summed E-state index contributed by atoms with van der Waals surface area (Å²) in [5.74, 6) is -0.651. The minimum atomic E-state index is -1.01. The van der Waals surface area contributed by atoms with Gasteiger partial charge in [0.05, 0.1) is 6.61 Å². The van der Waals surface area contributed by atoms with Crippen LogP contribution in [-0.4, -0.2) is 68.2 Å². The van der Waals surface area contributed by atoms with Gasteiger partial charge in [-0.25, -0.2) is 4.79 Å². The van der Waals surface area contributed by atoms with E-state index in [1.54, 1.807) is 21.0 Å². The minimum absolute atomic E-state index is 0. The second-order valence-corrected chi connectivity index (χ2v) is 6.86. The summed E-state index contributed by atoms with van der Waals surface area (Å²) in [5, 5.41) is 8.43. The number of urea groups is 1. The second kappa shape index (κ2) is 8.13. The van der Waals surface area contributed by atoms with E-state index in [-0.39, 0.29) is 36.2 Å². The van der Waals surface area contributed by atoms with Gasteiger partial charge in [0.1, 0.15) is 12.1 Å². The Morgan fingerprint density at radius 3 is 2.42 bits per heavy atom. The highest BCUT2D eigenvalue weighted by molar-refractivity contribution is 6.07. The zero-order valence-electron chi connectivity index (χ0n) is 14.4. The molecular weight excluding hydrogens is 336 g/mol. The smallest absolute Gasteiger partial charge is 0.325 e. The van der Waals surface area contributed by atoms with Gasteiger partial charge < -0.3 is 20.3 Å². The highest BCUT2D eigenvalue weighted by Gasteiger charge is 2.46. The van der Waals surface area contributed by atoms with E-state index in [0.717, 1.165) is 25.9 Å². The zero-order valence-corrected chi connectivity index (χ0v) is 15.3. The van der Waals surface area contributed by atoms with Crippen molar-refractivity contribution in [3.05, 3.63) is 0 Å². The van der Waals surface area contributed by atoms with Crippen LogP contribution in [-0.2, 0) is 14.3 Å². The van der Waals surface area contributed by atoms with Crippen molar-refractivity contribution in [1.29, 1.82) is 0 Å². The topological polar surface area (TPSA) is 99.8 Å². The summed E-state index contributed by atoms with van der Waals surface area (Å²) in [7, 11) is 1.66. The molecule has 0 aliphatic carbocycles. The third-order valence-electron chi connectivity index (χ3n) is 4.77. The van der Waals surface area contributed by atoms with E-state index in [9.17, 15) is 14.4 Å². The first-order valence-corrected chi connectivity index (χ1v) is 7.90. The number of carbonyl (C=O) groups is 3. The van der Waals surface area contributed by atoms with Gasteiger partial charge in [-0.3, -0.25) is 14.9 Å². The van der Waals surface area contributed by atoms with Crippen molar-refractivity contribution < 1.29 is 19.1 Å². The van der Waals surface area contributed by atoms with Crippen LogP contribution < -0.4 is 16.0 Å². The molecule has 0 unspecified atom stereocenters. The summed E-state index contributed by atoms with van der Waals surface area (Å²) in [6, 6.07) is -0.524. The number of nitrogens with one attached hydrogen (secondary N) is 3. The molecule has 2 aliphatic rings. The van der Waals surface area contributed by atoms with Crippen molar-refractivity contribution in [2.75, 3.05) is 39.9 Å². The maximum Gasteiger partial charge on any atom is 0.325 e. The summed E-state index contributed by atoms with van der Waals surface area (Å²) < 4.78 is 5.32. The predicted molar refractivity (Wildman–Crippen MR) is 91.0 cm³/mol. The number of amides is 4. The highest BCUT2D eigenvalue weighted by Crippen LogP contribution is 2.28. The Hall–Kier alpha value is -1.38. The molecule has 4 amide bonds. The first-order chi connectivity index (χ1) is 10.8. The fourth-order valence-corrected chi connectivity index (χ4v) is 3.08. The summed E-state index contributed by atoms with van der Waals surface area (Å²) in [6.45, 7) is 6.00. The van der Waals surface area contributed by atoms with Gasteiger partial charge in [0.15, 0.2) is 0 Å². The number of hydrogen-bond donors (Lipinski definition) is 3. The molecule has 0 radical (unpaired) electrons. The van der Waals surface area contributed by atoms with Crippen LogP contribution in [0.15, 0.2) is 0 Å². The Labute approximate surface area is 148 Å². The zero-order chi connectivity index (χ0) is 17.1. The number of hydrogen-bond acceptors (Lipinski definition) is 5. The molecule has 2 saturated heterocycles. The van der Waals surface area contributed by atoms with E-state index in [1.807, 2.05) is 0 Å². The maximum absolute atomic E-state index is 12.2. The lowest BCUT2D eigenvalue weighted by atomic mass is 9.79. The van der Waals surface area contributed by atoms with Crippen molar-refractivity contribution in [2.45, 2.75) is 32.2 Å². The van der Waals surface area contributed by atoms with Crippen molar-refractivity contribution >= 4 is 30.3 Å². The molecule has 138 valence electrons. The standard InChI is InChI=1S/C15H26N4O4.ClH/c1-14(2)12(21)18-13(22)19(14)8-11(20)17-9-15(10-23-3)4-6-16-7-5-15;/h16H,4-10H2,1-3H3,(H,17,20)(H,18,21,22);1H. The summed E-state index contributed by atoms with van der Waals surface area (Å²) in [6.07, 6.45) is 1.85.